The van der Waals surface area contributed by atoms with E-state index in [9.17, 15) is 9.59 Å². The van der Waals surface area contributed by atoms with Gasteiger partial charge in [0.2, 0.25) is 0 Å². The van der Waals surface area contributed by atoms with Crippen LogP contribution in [-0.4, -0.2) is 15.3 Å². The van der Waals surface area contributed by atoms with E-state index in [0.29, 0.717) is 18.8 Å². The van der Waals surface area contributed by atoms with Gasteiger partial charge in [-0.25, -0.2) is 4.98 Å². The quantitative estimate of drug-likeness (QED) is 0.723. The second-order valence-electron chi connectivity index (χ2n) is 6.00. The molecule has 1 aromatic rings. The van der Waals surface area contributed by atoms with Gasteiger partial charge in [0.05, 0.1) is 0 Å². The van der Waals surface area contributed by atoms with E-state index in [4.69, 9.17) is 0 Å². The highest BCUT2D eigenvalue weighted by Gasteiger charge is 2.22. The number of hydrogen-bond donors (Lipinski definition) is 0. The molecule has 21 heavy (non-hydrogen) atoms. The molecule has 0 atom stereocenters. The van der Waals surface area contributed by atoms with Gasteiger partial charge in [0.1, 0.15) is 0 Å². The summed E-state index contributed by atoms with van der Waals surface area (Å²) in [4.78, 5) is 28.8. The van der Waals surface area contributed by atoms with E-state index in [2.05, 4.69) is 11.9 Å². The monoisotopic (exact) mass is 290 g/mol. The molecule has 1 aliphatic heterocycles. The van der Waals surface area contributed by atoms with E-state index in [1.807, 2.05) is 6.92 Å². The van der Waals surface area contributed by atoms with Gasteiger partial charge in [0.15, 0.2) is 11.6 Å². The van der Waals surface area contributed by atoms with Gasteiger partial charge < -0.3 is 0 Å². The molecule has 4 heteroatoms. The van der Waals surface area contributed by atoms with E-state index in [-0.39, 0.29) is 11.3 Å². The standard InChI is InChI=1S/C17H26N2O2/c1-3-4-5-6-7-8-10-14-13(2)18-16-15(20)11-9-12-19(16)17(14)21/h3-12H2,1-2H3. The minimum Gasteiger partial charge on any atom is -0.291 e. The molecule has 0 N–H and O–H groups in total. The van der Waals surface area contributed by atoms with Crippen molar-refractivity contribution in [3.8, 4) is 0 Å². The smallest absolute Gasteiger partial charge is 0.257 e. The number of hydrogen-bond acceptors (Lipinski definition) is 3. The van der Waals surface area contributed by atoms with Crippen LogP contribution >= 0.6 is 0 Å². The lowest BCUT2D eigenvalue weighted by Gasteiger charge is -2.18. The van der Waals surface area contributed by atoms with E-state index >= 15 is 0 Å². The van der Waals surface area contributed by atoms with Gasteiger partial charge in [-0.1, -0.05) is 39.0 Å². The third kappa shape index (κ3) is 3.80. The SMILES string of the molecule is CCCCCCCCc1c(C)nc2n(c1=O)CCCC2=O. The lowest BCUT2D eigenvalue weighted by Crippen LogP contribution is -2.34. The van der Waals surface area contributed by atoms with E-state index in [1.54, 1.807) is 4.57 Å². The minimum atomic E-state index is 0.00701. The van der Waals surface area contributed by atoms with E-state index < -0.39 is 0 Å². The van der Waals surface area contributed by atoms with Crippen molar-refractivity contribution < 1.29 is 4.79 Å². The molecule has 116 valence electrons. The normalized spacial score (nSPS) is 14.3. The van der Waals surface area contributed by atoms with E-state index in [0.717, 1.165) is 30.5 Å². The highest BCUT2D eigenvalue weighted by molar-refractivity contribution is 5.93. The average molecular weight is 290 g/mol. The molecule has 0 unspecified atom stereocenters. The summed E-state index contributed by atoms with van der Waals surface area (Å²) in [5, 5.41) is 0. The largest absolute Gasteiger partial charge is 0.291 e. The van der Waals surface area contributed by atoms with Gasteiger partial charge in [-0.15, -0.1) is 0 Å². The molecule has 0 radical (unpaired) electrons. The Labute approximate surface area is 126 Å². The van der Waals surface area contributed by atoms with Crippen LogP contribution in [-0.2, 0) is 13.0 Å². The van der Waals surface area contributed by atoms with E-state index in [1.165, 1.54) is 32.1 Å². The molecule has 0 aromatic carbocycles. The van der Waals surface area contributed by atoms with Gasteiger partial charge >= 0.3 is 0 Å². The number of aryl methyl sites for hydroxylation is 1. The Kier molecular flexibility index (Phi) is 5.71. The molecule has 1 aromatic heterocycles. The van der Waals surface area contributed by atoms with Crippen LogP contribution in [0.2, 0.25) is 0 Å². The van der Waals surface area contributed by atoms with Gasteiger partial charge in [-0.2, -0.15) is 0 Å². The number of unbranched alkanes of at least 4 members (excludes halogenated alkanes) is 5. The molecule has 2 heterocycles. The summed E-state index contributed by atoms with van der Waals surface area (Å²) in [6.45, 7) is 4.71. The summed E-state index contributed by atoms with van der Waals surface area (Å²) < 4.78 is 1.59. The molecular formula is C17H26N2O2. The van der Waals surface area contributed by atoms with Crippen molar-refractivity contribution in [3.63, 3.8) is 0 Å². The van der Waals surface area contributed by atoms with Gasteiger partial charge in [0, 0.05) is 24.2 Å². The van der Waals surface area contributed by atoms with Crippen molar-refractivity contribution in [2.75, 3.05) is 0 Å². The first-order valence-corrected chi connectivity index (χ1v) is 8.28. The zero-order valence-electron chi connectivity index (χ0n) is 13.3. The molecule has 4 nitrogen and oxygen atoms in total. The lowest BCUT2D eigenvalue weighted by atomic mass is 10.0. The first-order valence-electron chi connectivity index (χ1n) is 8.28. The van der Waals surface area contributed by atoms with Crippen LogP contribution < -0.4 is 5.56 Å². The molecule has 0 bridgehead atoms. The predicted molar refractivity (Wildman–Crippen MR) is 83.9 cm³/mol. The molecule has 2 rings (SSSR count). The Morgan fingerprint density at radius 1 is 1.10 bits per heavy atom. The Bertz CT molecular complexity index is 561. The van der Waals surface area contributed by atoms with Crippen LogP contribution in [0, 0.1) is 6.92 Å². The fourth-order valence-corrected chi connectivity index (χ4v) is 3.00. The number of ketones is 1. The number of Topliss-reactive ketones (excluding diaryl/α,β-unsaturated/α-hetero) is 1. The van der Waals surface area contributed by atoms with Gasteiger partial charge in [-0.3, -0.25) is 14.2 Å². The number of fused-ring (bicyclic) bond motifs is 1. The molecule has 0 aliphatic carbocycles. The summed E-state index contributed by atoms with van der Waals surface area (Å²) >= 11 is 0. The first-order chi connectivity index (χ1) is 10.1. The molecule has 0 fully saturated rings. The molecule has 1 aliphatic rings. The maximum Gasteiger partial charge on any atom is 0.257 e. The molecule has 0 spiro atoms. The van der Waals surface area contributed by atoms with Crippen molar-refractivity contribution in [1.29, 1.82) is 0 Å². The predicted octanol–water partition coefficient (Wildman–Crippen LogP) is 3.43. The molecular weight excluding hydrogens is 264 g/mol. The summed E-state index contributed by atoms with van der Waals surface area (Å²) in [6, 6.07) is 0. The second kappa shape index (κ2) is 7.53. The van der Waals surface area contributed by atoms with Crippen LogP contribution in [0.3, 0.4) is 0 Å². The van der Waals surface area contributed by atoms with Crippen molar-refractivity contribution in [1.82, 2.24) is 9.55 Å². The second-order valence-corrected chi connectivity index (χ2v) is 6.00. The minimum absolute atomic E-state index is 0.00701. The number of carbonyl (C=O) groups excluding carboxylic acids is 1. The van der Waals surface area contributed by atoms with Gasteiger partial charge in [0.25, 0.3) is 5.56 Å². The van der Waals surface area contributed by atoms with Crippen LogP contribution in [0.1, 0.15) is 80.2 Å². The highest BCUT2D eigenvalue weighted by atomic mass is 16.1. The fourth-order valence-electron chi connectivity index (χ4n) is 3.00. The van der Waals surface area contributed by atoms with Crippen LogP contribution in [0.4, 0.5) is 0 Å². The Hall–Kier alpha value is -1.45. The molecule has 0 amide bonds. The first kappa shape index (κ1) is 15.9. The maximum absolute atomic E-state index is 12.5. The maximum atomic E-state index is 12.5. The topological polar surface area (TPSA) is 52.0 Å². The summed E-state index contributed by atoms with van der Waals surface area (Å²) in [5.74, 6) is 0.378. The lowest BCUT2D eigenvalue weighted by molar-refractivity contribution is 0.0945. The summed E-state index contributed by atoms with van der Waals surface area (Å²) in [7, 11) is 0. The van der Waals surface area contributed by atoms with Crippen molar-refractivity contribution in [3.05, 3.63) is 27.4 Å². The number of carbonyl (C=O) groups is 1. The van der Waals surface area contributed by atoms with Crippen molar-refractivity contribution in [2.45, 2.75) is 78.2 Å². The van der Waals surface area contributed by atoms with Crippen LogP contribution in [0.25, 0.3) is 0 Å². The third-order valence-electron chi connectivity index (χ3n) is 4.28. The zero-order chi connectivity index (χ0) is 15.2. The Morgan fingerprint density at radius 2 is 1.81 bits per heavy atom. The van der Waals surface area contributed by atoms with Crippen molar-refractivity contribution >= 4 is 5.78 Å². The van der Waals surface area contributed by atoms with Gasteiger partial charge in [-0.05, 0) is 26.2 Å². The van der Waals surface area contributed by atoms with Crippen molar-refractivity contribution in [2.24, 2.45) is 0 Å². The Balaban J connectivity index is 2.04. The average Bonchev–Trinajstić information content (AvgIpc) is 2.47. The third-order valence-corrected chi connectivity index (χ3v) is 4.28. The molecule has 0 saturated carbocycles. The summed E-state index contributed by atoms with van der Waals surface area (Å²) in [5.41, 5.74) is 1.57. The number of rotatable bonds is 7. The highest BCUT2D eigenvalue weighted by Crippen LogP contribution is 2.14. The fraction of sp³-hybridized carbons (Fsp3) is 0.706. The Morgan fingerprint density at radius 3 is 2.57 bits per heavy atom. The van der Waals surface area contributed by atoms with Crippen LogP contribution in [0.15, 0.2) is 4.79 Å². The number of nitrogens with zero attached hydrogens (tertiary/aromatic N) is 2. The summed E-state index contributed by atoms with van der Waals surface area (Å²) in [6.07, 6.45) is 9.34. The molecule has 0 saturated heterocycles. The zero-order valence-corrected chi connectivity index (χ0v) is 13.3. The van der Waals surface area contributed by atoms with Crippen LogP contribution in [0.5, 0.6) is 0 Å². The number of aromatic nitrogens is 2.